The Bertz CT molecular complexity index is 1620. The quantitative estimate of drug-likeness (QED) is 0.328. The first-order valence-electron chi connectivity index (χ1n) is 14.4. The summed E-state index contributed by atoms with van der Waals surface area (Å²) in [6, 6.07) is 10.2. The van der Waals surface area contributed by atoms with Crippen LogP contribution in [0.5, 0.6) is 5.75 Å². The molecule has 8 nitrogen and oxygen atoms in total. The maximum absolute atomic E-state index is 12.6. The first-order chi connectivity index (χ1) is 19.9. The number of hydrogen-bond acceptors (Lipinski definition) is 7. The summed E-state index contributed by atoms with van der Waals surface area (Å²) in [5.74, 6) is 0.0132. The van der Waals surface area contributed by atoms with E-state index in [1.165, 1.54) is 22.5 Å². The van der Waals surface area contributed by atoms with Crippen LogP contribution in [0.2, 0.25) is 0 Å². The molecule has 1 fully saturated rings. The minimum Gasteiger partial charge on any atom is -0.488 e. The van der Waals surface area contributed by atoms with Crippen LogP contribution in [0.3, 0.4) is 0 Å². The van der Waals surface area contributed by atoms with Crippen LogP contribution in [-0.4, -0.2) is 51.8 Å². The lowest BCUT2D eigenvalue weighted by molar-refractivity contribution is -0.142. The molecule has 3 aliphatic rings. The molecule has 0 spiro atoms. The number of aliphatic carboxylic acids is 1. The highest BCUT2D eigenvalue weighted by molar-refractivity contribution is 7.14. The number of thiazole rings is 1. The number of amides is 1. The smallest absolute Gasteiger partial charge is 0.410 e. The third kappa shape index (κ3) is 4.93. The summed E-state index contributed by atoms with van der Waals surface area (Å²) in [6.45, 7) is 13.9. The molecule has 0 unspecified atom stereocenters. The Morgan fingerprint density at radius 2 is 1.95 bits per heavy atom. The number of carboxylic acids is 1. The van der Waals surface area contributed by atoms with Crippen molar-refractivity contribution >= 4 is 28.5 Å². The van der Waals surface area contributed by atoms with Gasteiger partial charge in [0.2, 0.25) is 0 Å². The molecule has 1 aliphatic carbocycles. The number of hydrogen-bond donors (Lipinski definition) is 1. The molecule has 2 aliphatic heterocycles. The number of anilines is 1. The van der Waals surface area contributed by atoms with Gasteiger partial charge in [0.15, 0.2) is 5.13 Å². The molecular weight excluding hydrogens is 550 g/mol. The lowest BCUT2D eigenvalue weighted by atomic mass is 9.93. The highest BCUT2D eigenvalue weighted by atomic mass is 32.1. The maximum atomic E-state index is 12.6. The van der Waals surface area contributed by atoms with E-state index in [2.05, 4.69) is 24.0 Å². The van der Waals surface area contributed by atoms with Crippen molar-refractivity contribution in [3.05, 3.63) is 75.2 Å². The number of fused-ring (bicyclic) bond motifs is 2. The van der Waals surface area contributed by atoms with E-state index in [9.17, 15) is 14.7 Å². The molecule has 1 saturated heterocycles. The molecule has 2 aromatic carbocycles. The fraction of sp³-hybridized carbons (Fsp3) is 0.424. The highest BCUT2D eigenvalue weighted by Gasteiger charge is 2.62. The molecular formula is C33H37N3O5S. The lowest BCUT2D eigenvalue weighted by Gasteiger charge is -2.32. The molecule has 220 valence electrons. The topological polar surface area (TPSA) is 92.2 Å². The Labute approximate surface area is 250 Å². The Morgan fingerprint density at radius 3 is 2.67 bits per heavy atom. The normalized spacial score (nSPS) is 21.0. The van der Waals surface area contributed by atoms with Gasteiger partial charge in [0.1, 0.15) is 23.4 Å². The first-order valence-corrected chi connectivity index (χ1v) is 15.2. The number of ether oxygens (including phenoxy) is 2. The van der Waals surface area contributed by atoms with E-state index in [4.69, 9.17) is 14.5 Å². The number of carboxylic acid groups (broad SMARTS) is 1. The second-order valence-electron chi connectivity index (χ2n) is 12.6. The van der Waals surface area contributed by atoms with Crippen molar-refractivity contribution in [1.82, 2.24) is 9.88 Å². The maximum Gasteiger partial charge on any atom is 0.410 e. The zero-order valence-electron chi connectivity index (χ0n) is 25.0. The van der Waals surface area contributed by atoms with Crippen molar-refractivity contribution in [1.29, 1.82) is 0 Å². The van der Waals surface area contributed by atoms with Crippen LogP contribution in [0.4, 0.5) is 9.93 Å². The number of carbonyl (C=O) groups excluding carboxylic acids is 1. The van der Waals surface area contributed by atoms with Gasteiger partial charge in [0.25, 0.3) is 0 Å². The van der Waals surface area contributed by atoms with E-state index in [1.54, 1.807) is 4.90 Å². The Morgan fingerprint density at radius 1 is 1.17 bits per heavy atom. The van der Waals surface area contributed by atoms with Gasteiger partial charge in [-0.25, -0.2) is 9.78 Å². The molecule has 1 amide bonds. The van der Waals surface area contributed by atoms with Crippen LogP contribution in [0.25, 0.3) is 11.3 Å². The second kappa shape index (κ2) is 10.2. The minimum atomic E-state index is -0.829. The molecule has 6 rings (SSSR count). The molecule has 1 aromatic heterocycles. The van der Waals surface area contributed by atoms with Gasteiger partial charge in [-0.3, -0.25) is 4.79 Å². The monoisotopic (exact) mass is 587 g/mol. The third-order valence-electron chi connectivity index (χ3n) is 8.56. The van der Waals surface area contributed by atoms with Crippen molar-refractivity contribution in [3.63, 3.8) is 0 Å². The summed E-state index contributed by atoms with van der Waals surface area (Å²) < 4.78 is 12.1. The fourth-order valence-corrected chi connectivity index (χ4v) is 7.12. The van der Waals surface area contributed by atoms with E-state index in [0.717, 1.165) is 50.8 Å². The predicted molar refractivity (Wildman–Crippen MR) is 163 cm³/mol. The standard InChI is InChI=1S/C33H37N3O5S/c1-19-8-7-9-25(27-18-42-30(34-27)36-15-24-14-33(24,21(36)3)29(37)38)28(19)40-17-22-12-20(2)26-16-35(11-10-23(26)13-22)31(39)41-32(4,5)6/h7-9,12-14,18,21H,10-11,15-17H2,1-6H3,(H,37,38)/t21-,33+/m0/s1. The molecule has 3 aromatic rings. The molecule has 42 heavy (non-hydrogen) atoms. The van der Waals surface area contributed by atoms with Crippen molar-refractivity contribution < 1.29 is 24.2 Å². The molecule has 2 atom stereocenters. The van der Waals surface area contributed by atoms with E-state index in [-0.39, 0.29) is 12.1 Å². The zero-order valence-corrected chi connectivity index (χ0v) is 25.8. The van der Waals surface area contributed by atoms with Gasteiger partial charge in [-0.1, -0.05) is 30.3 Å². The number of aromatic nitrogens is 1. The second-order valence-corrected chi connectivity index (χ2v) is 13.4. The van der Waals surface area contributed by atoms with Crippen LogP contribution in [0, 0.1) is 19.3 Å². The van der Waals surface area contributed by atoms with Crippen LogP contribution in [-0.2, 0) is 29.1 Å². The Kier molecular flexibility index (Phi) is 6.84. The van der Waals surface area contributed by atoms with Crippen LogP contribution in [0.15, 0.2) is 47.4 Å². The lowest BCUT2D eigenvalue weighted by Crippen LogP contribution is -2.40. The minimum absolute atomic E-state index is 0.166. The van der Waals surface area contributed by atoms with Gasteiger partial charge >= 0.3 is 12.1 Å². The number of carbonyl (C=O) groups is 2. The summed E-state index contributed by atoms with van der Waals surface area (Å²) >= 11 is 1.53. The van der Waals surface area contributed by atoms with Gasteiger partial charge < -0.3 is 24.4 Å². The van der Waals surface area contributed by atoms with Crippen molar-refractivity contribution in [2.45, 2.75) is 72.8 Å². The third-order valence-corrected chi connectivity index (χ3v) is 9.43. The Balaban J connectivity index is 1.18. The average molecular weight is 588 g/mol. The molecule has 9 heteroatoms. The largest absolute Gasteiger partial charge is 0.488 e. The van der Waals surface area contributed by atoms with E-state index in [0.29, 0.717) is 26.2 Å². The van der Waals surface area contributed by atoms with Crippen molar-refractivity contribution in [2.24, 2.45) is 5.41 Å². The average Bonchev–Trinajstić information content (AvgIpc) is 3.32. The molecule has 1 N–H and O–H groups in total. The summed E-state index contributed by atoms with van der Waals surface area (Å²) in [5.41, 5.74) is 7.04. The van der Waals surface area contributed by atoms with Crippen molar-refractivity contribution in [3.8, 4) is 17.0 Å². The van der Waals surface area contributed by atoms with Gasteiger partial charge in [0.05, 0.1) is 11.7 Å². The summed E-state index contributed by atoms with van der Waals surface area (Å²) in [5, 5.41) is 12.6. The fourth-order valence-electron chi connectivity index (χ4n) is 6.21. The van der Waals surface area contributed by atoms with E-state index < -0.39 is 17.0 Å². The number of aryl methyl sites for hydroxylation is 2. The SMILES string of the molecule is Cc1cc(COc2c(C)cccc2-c2csc(N3CC4=C[C@@]4(C(=O)O)[C@@H]3C)n2)cc2c1CN(C(=O)OC(C)(C)C)CC2. The summed E-state index contributed by atoms with van der Waals surface area (Å²) in [4.78, 5) is 33.3. The summed E-state index contributed by atoms with van der Waals surface area (Å²) in [6.07, 6.45) is 2.37. The zero-order chi connectivity index (χ0) is 30.0. The molecule has 3 heterocycles. The van der Waals surface area contributed by atoms with Crippen LogP contribution in [0.1, 0.15) is 55.5 Å². The number of para-hydroxylation sites is 1. The molecule has 0 bridgehead atoms. The number of benzene rings is 2. The predicted octanol–water partition coefficient (Wildman–Crippen LogP) is 6.52. The molecule has 0 radical (unpaired) electrons. The van der Waals surface area contributed by atoms with Crippen molar-refractivity contribution in [2.75, 3.05) is 18.0 Å². The van der Waals surface area contributed by atoms with E-state index in [1.807, 2.05) is 64.3 Å². The number of nitrogens with zero attached hydrogens (tertiary/aromatic N) is 3. The van der Waals surface area contributed by atoms with E-state index >= 15 is 0 Å². The van der Waals surface area contributed by atoms with Gasteiger partial charge in [-0.05, 0) is 87.4 Å². The van der Waals surface area contributed by atoms with Crippen LogP contribution < -0.4 is 9.64 Å². The van der Waals surface area contributed by atoms with Gasteiger partial charge in [-0.2, -0.15) is 0 Å². The van der Waals surface area contributed by atoms with Gasteiger partial charge in [0, 0.05) is 30.6 Å². The molecule has 0 saturated carbocycles. The highest BCUT2D eigenvalue weighted by Crippen LogP contribution is 2.56. The summed E-state index contributed by atoms with van der Waals surface area (Å²) in [7, 11) is 0. The van der Waals surface area contributed by atoms with Crippen LogP contribution >= 0.6 is 11.3 Å². The van der Waals surface area contributed by atoms with Gasteiger partial charge in [-0.15, -0.1) is 11.3 Å². The first kappa shape index (κ1) is 28.3. The number of rotatable bonds is 6. The Hall–Kier alpha value is -3.85.